The molecule has 0 aliphatic carbocycles. The number of aliphatic hydroxyl groups is 3. The zero-order chi connectivity index (χ0) is 76.0. The van der Waals surface area contributed by atoms with E-state index in [0.717, 1.165) is 42.8 Å². The Bertz CT molecular complexity index is 5450. The van der Waals surface area contributed by atoms with Gasteiger partial charge in [-0.1, -0.05) is 88.9 Å². The summed E-state index contributed by atoms with van der Waals surface area (Å²) in [6, 6.07) is 35.4. The van der Waals surface area contributed by atoms with Crippen LogP contribution in [-0.2, 0) is 68.2 Å². The van der Waals surface area contributed by atoms with Crippen molar-refractivity contribution in [2.45, 2.75) is 117 Å². The van der Waals surface area contributed by atoms with Crippen LogP contribution in [0.2, 0.25) is 15.1 Å². The fraction of sp³-hybridized carbons (Fsp3) is 0.300. The Morgan fingerprint density at radius 2 is 0.923 bits per heavy atom. The van der Waals surface area contributed by atoms with Crippen molar-refractivity contribution in [1.82, 2.24) is 66.4 Å². The number of imidazole rings is 3. The minimum absolute atomic E-state index is 0.00607. The van der Waals surface area contributed by atoms with Gasteiger partial charge >= 0.3 is 23.1 Å². The first-order valence-electron chi connectivity index (χ1n) is 32.1. The predicted octanol–water partition coefficient (Wildman–Crippen LogP) is 9.45. The SMILES string of the molecule is CC(O)CCn1c(=O)c2c(nc(Br)n2Cc2ccc(Cl)cc2)n(C)c1=O.Cc1ccc(O)cn1.Cc1ccc(Oc2nc3c(c(=O)n(CCC(C)O)c(=O)n3C)n2Cc2ccc(Cl)cc2)cn1.Cc1ccc(S(=O)(=O)OCCC(C)O)cc1.Cn1c(=O)[nH]c(=O)c2c1nc(Br)n2Cc1ccc(Cl)cc1. The molecule has 34 heteroatoms. The van der Waals surface area contributed by atoms with Gasteiger partial charge < -0.3 is 34.3 Å². The molecule has 12 rings (SSSR count). The maximum absolute atomic E-state index is 13.4. The van der Waals surface area contributed by atoms with Crippen LogP contribution in [-0.4, -0.2) is 120 Å². The van der Waals surface area contributed by atoms with Gasteiger partial charge in [-0.25, -0.2) is 24.4 Å². The zero-order valence-electron chi connectivity index (χ0n) is 57.8. The summed E-state index contributed by atoms with van der Waals surface area (Å²) in [5.41, 5.74) is 4.47. The lowest BCUT2D eigenvalue weighted by molar-refractivity contribution is 0.157. The molecule has 3 unspecified atom stereocenters. The average molecular weight is 1630 g/mol. The lowest BCUT2D eigenvalue weighted by Gasteiger charge is -2.12. The first-order chi connectivity index (χ1) is 49.2. The van der Waals surface area contributed by atoms with Crippen LogP contribution in [0.15, 0.2) is 177 Å². The van der Waals surface area contributed by atoms with Crippen LogP contribution in [0.25, 0.3) is 33.5 Å². The van der Waals surface area contributed by atoms with Gasteiger partial charge in [-0.15, -0.1) is 0 Å². The summed E-state index contributed by atoms with van der Waals surface area (Å²) in [7, 11) is 1.01. The molecule has 8 aromatic heterocycles. The average Bonchev–Trinajstić information content (AvgIpc) is 1.60. The van der Waals surface area contributed by atoms with Crippen molar-refractivity contribution >= 4 is 110 Å². The number of aromatic nitrogens is 14. The monoisotopic (exact) mass is 1630 g/mol. The van der Waals surface area contributed by atoms with Crippen LogP contribution < -0.4 is 38.5 Å². The number of nitrogens with one attached hydrogen (secondary N) is 1. The standard InChI is InChI=1S/C23H24ClN5O4.C17H18BrClN4O3.C13H10BrClN4O2.C11H16O4S.C6H7NO/c1-14-4-9-18(12-25-14)33-22-26-20-19(29(22)13-16-5-7-17(24)8-6-16)21(31)28(11-10-15(2)30)23(32)27(20)3;1-10(24)7-8-22-15(25)13-14(21(2)17(22)26)20-16(18)23(13)9-11-3-5-12(19)6-4-11;1-18-10-9(11(20)17-13(18)21)19(12(14)16-10)6-7-2-4-8(15)5-3-7;1-9-3-5-11(6-4-9)16(13,14)15-8-7-10(2)12;1-5-2-3-6(8)4-7-5/h4-9,12,15,30H,10-11,13H2,1-3H3;3-6,10,24H,7-9H2,1-2H3;2-5H,6H2,1H3,(H,17,20,21);3-6,10,12H,7-8H2,1-2H3;2-4,8H,1H3. The maximum atomic E-state index is 13.4. The van der Waals surface area contributed by atoms with Crippen molar-refractivity contribution in [1.29, 1.82) is 0 Å². The van der Waals surface area contributed by atoms with E-state index in [0.29, 0.717) is 78.5 Å². The van der Waals surface area contributed by atoms with Crippen molar-refractivity contribution in [2.75, 3.05) is 6.61 Å². The van der Waals surface area contributed by atoms with E-state index in [1.165, 1.54) is 32.0 Å². The summed E-state index contributed by atoms with van der Waals surface area (Å²) >= 11 is 24.5. The van der Waals surface area contributed by atoms with Crippen LogP contribution in [0.4, 0.5) is 0 Å². The second-order valence-electron chi connectivity index (χ2n) is 24.1. The number of aromatic hydroxyl groups is 1. The Labute approximate surface area is 626 Å². The van der Waals surface area contributed by atoms with Crippen molar-refractivity contribution in [3.05, 3.63) is 254 Å². The molecule has 12 aromatic rings. The highest BCUT2D eigenvalue weighted by Gasteiger charge is 2.24. The van der Waals surface area contributed by atoms with Gasteiger partial charge in [0.1, 0.15) is 11.5 Å². The third-order valence-electron chi connectivity index (χ3n) is 15.7. The number of aliphatic hydroxyl groups excluding tert-OH is 3. The molecular formula is C70H75Br2Cl3N14O14S. The minimum atomic E-state index is -3.68. The van der Waals surface area contributed by atoms with E-state index in [1.54, 1.807) is 135 Å². The van der Waals surface area contributed by atoms with Crippen LogP contribution in [0.3, 0.4) is 0 Å². The summed E-state index contributed by atoms with van der Waals surface area (Å²) in [6.07, 6.45) is 2.06. The summed E-state index contributed by atoms with van der Waals surface area (Å²) < 4.78 is 46.3. The molecule has 8 heterocycles. The number of aromatic amines is 1. The normalized spacial score (nSPS) is 12.1. The second-order valence-corrected chi connectivity index (χ2v) is 28.5. The number of H-pyrrole nitrogens is 1. The molecule has 3 atom stereocenters. The fourth-order valence-electron chi connectivity index (χ4n) is 9.94. The number of fused-ring (bicyclic) bond motifs is 3. The van der Waals surface area contributed by atoms with E-state index in [9.17, 15) is 47.4 Å². The summed E-state index contributed by atoms with van der Waals surface area (Å²) in [6.45, 7) is 11.8. The quantitative estimate of drug-likeness (QED) is 0.0371. The van der Waals surface area contributed by atoms with Gasteiger partial charge in [0.15, 0.2) is 43.0 Å². The van der Waals surface area contributed by atoms with Crippen LogP contribution in [0.5, 0.6) is 17.5 Å². The maximum Gasteiger partial charge on any atom is 0.332 e. The van der Waals surface area contributed by atoms with Crippen molar-refractivity contribution in [2.24, 2.45) is 21.1 Å². The number of pyridine rings is 2. The Morgan fingerprint density at radius 1 is 0.510 bits per heavy atom. The van der Waals surface area contributed by atoms with E-state index in [4.69, 9.17) is 53.9 Å². The molecule has 0 bridgehead atoms. The largest absolute Gasteiger partial charge is 0.506 e. The summed E-state index contributed by atoms with van der Waals surface area (Å²) in [4.78, 5) is 98.9. The third kappa shape index (κ3) is 20.8. The number of hydrogen-bond acceptors (Lipinski definition) is 19. The molecule has 0 fully saturated rings. The van der Waals surface area contributed by atoms with E-state index in [-0.39, 0.29) is 60.5 Å². The minimum Gasteiger partial charge on any atom is -0.506 e. The van der Waals surface area contributed by atoms with Crippen molar-refractivity contribution < 1.29 is 37.8 Å². The van der Waals surface area contributed by atoms with Gasteiger partial charge in [-0.2, -0.15) is 13.4 Å². The first kappa shape index (κ1) is 80.5. The molecule has 0 saturated heterocycles. The number of ether oxygens (including phenoxy) is 1. The number of aryl methyl sites for hydroxylation is 6. The van der Waals surface area contributed by atoms with Gasteiger partial charge in [0, 0.05) is 60.7 Å². The molecule has 4 aromatic carbocycles. The molecule has 0 spiro atoms. The van der Waals surface area contributed by atoms with Gasteiger partial charge in [-0.05, 0) is 182 Å². The fourth-order valence-corrected chi connectivity index (χ4v) is 12.2. The molecule has 5 N–H and O–H groups in total. The van der Waals surface area contributed by atoms with Gasteiger partial charge in [0.2, 0.25) is 0 Å². The van der Waals surface area contributed by atoms with Crippen molar-refractivity contribution in [3.63, 3.8) is 0 Å². The molecule has 104 heavy (non-hydrogen) atoms. The topological polar surface area (TPSA) is 356 Å². The summed E-state index contributed by atoms with van der Waals surface area (Å²) in [5.74, 6) is 0.670. The second kappa shape index (κ2) is 36.0. The molecular weight excluding hydrogens is 1560 g/mol. The Morgan fingerprint density at radius 3 is 1.35 bits per heavy atom. The smallest absolute Gasteiger partial charge is 0.332 e. The Hall–Kier alpha value is -9.15. The first-order valence-corrected chi connectivity index (χ1v) is 36.2. The van der Waals surface area contributed by atoms with Gasteiger partial charge in [-0.3, -0.25) is 60.9 Å². The molecule has 550 valence electrons. The van der Waals surface area contributed by atoms with E-state index in [2.05, 4.69) is 61.8 Å². The highest BCUT2D eigenvalue weighted by Crippen LogP contribution is 2.27. The number of nitrogens with zero attached hydrogens (tertiary/aromatic N) is 13. The highest BCUT2D eigenvalue weighted by atomic mass is 79.9. The molecule has 0 saturated carbocycles. The number of rotatable bonds is 19. The lowest BCUT2D eigenvalue weighted by atomic mass is 10.2. The van der Waals surface area contributed by atoms with E-state index < -0.39 is 62.2 Å². The molecule has 0 aliphatic heterocycles. The zero-order valence-corrected chi connectivity index (χ0v) is 64.0. The Balaban J connectivity index is 0.000000174. The van der Waals surface area contributed by atoms with E-state index >= 15 is 0 Å². The van der Waals surface area contributed by atoms with Gasteiger partial charge in [0.25, 0.3) is 26.8 Å². The highest BCUT2D eigenvalue weighted by molar-refractivity contribution is 9.10. The summed E-state index contributed by atoms with van der Waals surface area (Å²) in [5, 5.41) is 38.7. The van der Waals surface area contributed by atoms with Crippen molar-refractivity contribution in [3.8, 4) is 17.5 Å². The molecule has 0 amide bonds. The lowest BCUT2D eigenvalue weighted by Crippen LogP contribution is -2.40. The predicted molar refractivity (Wildman–Crippen MR) is 404 cm³/mol. The number of benzene rings is 4. The molecule has 0 radical (unpaired) electrons. The number of hydrogen-bond donors (Lipinski definition) is 5. The molecule has 0 aliphatic rings. The van der Waals surface area contributed by atoms with E-state index in [1.807, 2.05) is 57.2 Å². The third-order valence-corrected chi connectivity index (χ3v) is 19.0. The van der Waals surface area contributed by atoms with Crippen LogP contribution >= 0.6 is 66.7 Å². The number of halogens is 5. The molecule has 28 nitrogen and oxygen atoms in total. The Kier molecular flexibility index (Phi) is 27.9. The van der Waals surface area contributed by atoms with Crippen LogP contribution in [0, 0.1) is 20.8 Å². The van der Waals surface area contributed by atoms with Gasteiger partial charge in [0.05, 0.1) is 61.8 Å². The van der Waals surface area contributed by atoms with Crippen LogP contribution in [0.1, 0.15) is 73.7 Å².